The Morgan fingerprint density at radius 3 is 2.64 bits per heavy atom. The Balaban J connectivity index is 3.50. The average molecular weight is 210 g/mol. The zero-order valence-electron chi connectivity index (χ0n) is 7.21. The van der Waals surface area contributed by atoms with Gasteiger partial charge in [0.2, 0.25) is 5.91 Å². The Kier molecular flexibility index (Phi) is 5.47. The minimum atomic E-state index is -4.48. The van der Waals surface area contributed by atoms with Crippen LogP contribution in [0.5, 0.6) is 0 Å². The first kappa shape index (κ1) is 12.6. The zero-order chi connectivity index (χ0) is 11.0. The van der Waals surface area contributed by atoms with Crippen LogP contribution in [0.4, 0.5) is 13.2 Å². The van der Waals surface area contributed by atoms with E-state index in [-0.39, 0.29) is 13.1 Å². The van der Waals surface area contributed by atoms with Crippen LogP contribution in [0.2, 0.25) is 0 Å². The Morgan fingerprint density at radius 2 is 2.14 bits per heavy atom. The van der Waals surface area contributed by atoms with Gasteiger partial charge in [-0.15, -0.1) is 0 Å². The quantitative estimate of drug-likeness (QED) is 0.319. The van der Waals surface area contributed by atoms with Crippen molar-refractivity contribution in [2.45, 2.75) is 19.0 Å². The van der Waals surface area contributed by atoms with Crippen LogP contribution in [0.15, 0.2) is 5.11 Å². The van der Waals surface area contributed by atoms with Gasteiger partial charge in [0.15, 0.2) is 0 Å². The first-order valence-corrected chi connectivity index (χ1v) is 3.80. The molecule has 5 nitrogen and oxygen atoms in total. The van der Waals surface area contributed by atoms with Gasteiger partial charge in [-0.05, 0) is 12.0 Å². The van der Waals surface area contributed by atoms with Gasteiger partial charge in [0.05, 0.1) is 0 Å². The topological polar surface area (TPSA) is 77.9 Å². The highest BCUT2D eigenvalue weighted by molar-refractivity contribution is 5.76. The molecule has 0 bridgehead atoms. The summed E-state index contributed by atoms with van der Waals surface area (Å²) in [7, 11) is 0. The van der Waals surface area contributed by atoms with Crippen LogP contribution < -0.4 is 5.32 Å². The summed E-state index contributed by atoms with van der Waals surface area (Å²) in [6.45, 7) is 0.233. The van der Waals surface area contributed by atoms with Crippen molar-refractivity contribution < 1.29 is 18.0 Å². The van der Waals surface area contributed by atoms with Gasteiger partial charge in [-0.1, -0.05) is 5.11 Å². The predicted octanol–water partition coefficient (Wildman–Crippen LogP) is 1.76. The number of nitrogens with zero attached hydrogens (tertiary/aromatic N) is 3. The van der Waals surface area contributed by atoms with Gasteiger partial charge < -0.3 is 5.32 Å². The molecule has 0 heterocycles. The van der Waals surface area contributed by atoms with Crippen LogP contribution in [0.1, 0.15) is 12.8 Å². The van der Waals surface area contributed by atoms with Crippen LogP contribution in [0.25, 0.3) is 10.4 Å². The monoisotopic (exact) mass is 210 g/mol. The minimum absolute atomic E-state index is 0.0773. The molecule has 0 radical (unpaired) electrons. The van der Waals surface area contributed by atoms with E-state index in [9.17, 15) is 18.0 Å². The highest BCUT2D eigenvalue weighted by Crippen LogP contribution is 2.18. The first-order valence-electron chi connectivity index (χ1n) is 3.80. The molecule has 0 aromatic heterocycles. The van der Waals surface area contributed by atoms with Crippen LogP contribution in [0, 0.1) is 0 Å². The van der Waals surface area contributed by atoms with Crippen molar-refractivity contribution in [2.24, 2.45) is 5.11 Å². The molecule has 0 unspecified atom stereocenters. The molecule has 0 saturated carbocycles. The second-order valence-corrected chi connectivity index (χ2v) is 2.45. The van der Waals surface area contributed by atoms with Gasteiger partial charge in [-0.3, -0.25) is 4.79 Å². The van der Waals surface area contributed by atoms with Crippen molar-refractivity contribution in [3.05, 3.63) is 10.4 Å². The number of rotatable bonds is 5. The molecule has 0 aliphatic rings. The van der Waals surface area contributed by atoms with Crippen molar-refractivity contribution in [1.29, 1.82) is 0 Å². The lowest BCUT2D eigenvalue weighted by molar-refractivity contribution is -0.153. The third-order valence-corrected chi connectivity index (χ3v) is 1.18. The molecule has 0 aliphatic heterocycles. The van der Waals surface area contributed by atoms with E-state index < -0.39 is 18.5 Å². The Hall–Kier alpha value is -1.43. The molecule has 0 fully saturated rings. The zero-order valence-corrected chi connectivity index (χ0v) is 7.21. The van der Waals surface area contributed by atoms with Crippen molar-refractivity contribution in [3.8, 4) is 0 Å². The summed E-state index contributed by atoms with van der Waals surface area (Å²) >= 11 is 0. The van der Waals surface area contributed by atoms with Crippen molar-refractivity contribution >= 4 is 5.91 Å². The fourth-order valence-electron chi connectivity index (χ4n) is 0.667. The van der Waals surface area contributed by atoms with Crippen LogP contribution in [-0.2, 0) is 4.79 Å². The van der Waals surface area contributed by atoms with E-state index in [1.54, 1.807) is 0 Å². The maximum absolute atomic E-state index is 11.6. The van der Waals surface area contributed by atoms with E-state index in [0.29, 0.717) is 6.42 Å². The predicted molar refractivity (Wildman–Crippen MR) is 42.3 cm³/mol. The van der Waals surface area contributed by atoms with E-state index in [1.165, 1.54) is 0 Å². The lowest BCUT2D eigenvalue weighted by Crippen LogP contribution is -2.29. The molecular formula is C6H9F3N4O. The van der Waals surface area contributed by atoms with Crippen molar-refractivity contribution in [2.75, 3.05) is 13.1 Å². The lowest BCUT2D eigenvalue weighted by atomic mass is 10.3. The molecule has 80 valence electrons. The van der Waals surface area contributed by atoms with Gasteiger partial charge in [-0.2, -0.15) is 13.2 Å². The Morgan fingerprint density at radius 1 is 1.50 bits per heavy atom. The van der Waals surface area contributed by atoms with Crippen molar-refractivity contribution in [3.63, 3.8) is 0 Å². The summed E-state index contributed by atoms with van der Waals surface area (Å²) in [5.41, 5.74) is 7.85. The summed E-state index contributed by atoms with van der Waals surface area (Å²) in [5.74, 6) is -1.07. The van der Waals surface area contributed by atoms with E-state index >= 15 is 0 Å². The number of alkyl halides is 3. The summed E-state index contributed by atoms with van der Waals surface area (Å²) in [6.07, 6.45) is -5.63. The molecule has 0 saturated heterocycles. The fraction of sp³-hybridized carbons (Fsp3) is 0.833. The smallest absolute Gasteiger partial charge is 0.356 e. The molecule has 1 amide bonds. The average Bonchev–Trinajstić information content (AvgIpc) is 2.00. The molecule has 0 rings (SSSR count). The van der Waals surface area contributed by atoms with Gasteiger partial charge in [-0.25, -0.2) is 0 Å². The summed E-state index contributed by atoms with van der Waals surface area (Å²) in [5, 5.41) is 5.21. The number of amides is 1. The van der Waals surface area contributed by atoms with Gasteiger partial charge >= 0.3 is 6.18 Å². The number of carbonyl (C=O) groups is 1. The van der Waals surface area contributed by atoms with E-state index in [1.807, 2.05) is 0 Å². The Labute approximate surface area is 77.9 Å². The highest BCUT2D eigenvalue weighted by atomic mass is 19.4. The largest absolute Gasteiger partial charge is 0.397 e. The maximum Gasteiger partial charge on any atom is 0.397 e. The van der Waals surface area contributed by atoms with Gasteiger partial charge in [0.25, 0.3) is 0 Å². The number of hydrogen-bond acceptors (Lipinski definition) is 2. The minimum Gasteiger partial charge on any atom is -0.356 e. The van der Waals surface area contributed by atoms with Crippen LogP contribution >= 0.6 is 0 Å². The van der Waals surface area contributed by atoms with Crippen LogP contribution in [-0.4, -0.2) is 25.2 Å². The number of hydrogen-bond donors (Lipinski definition) is 1. The standard InChI is InChI=1S/C6H9F3N4O/c7-6(8,9)4-5(14)11-2-1-3-12-13-10/h1-4H2,(H,11,14). The maximum atomic E-state index is 11.6. The van der Waals surface area contributed by atoms with E-state index in [0.717, 1.165) is 0 Å². The lowest BCUT2D eigenvalue weighted by Gasteiger charge is -2.06. The molecule has 0 spiro atoms. The summed E-state index contributed by atoms with van der Waals surface area (Å²) in [6, 6.07) is 0. The molecule has 14 heavy (non-hydrogen) atoms. The number of nitrogens with one attached hydrogen (secondary N) is 1. The Bertz CT molecular complexity index is 234. The molecular weight excluding hydrogens is 201 g/mol. The van der Waals surface area contributed by atoms with E-state index in [2.05, 4.69) is 15.3 Å². The van der Waals surface area contributed by atoms with E-state index in [4.69, 9.17) is 5.53 Å². The molecule has 1 N–H and O–H groups in total. The fourth-order valence-corrected chi connectivity index (χ4v) is 0.667. The van der Waals surface area contributed by atoms with Crippen molar-refractivity contribution in [1.82, 2.24) is 5.32 Å². The highest BCUT2D eigenvalue weighted by Gasteiger charge is 2.30. The summed E-state index contributed by atoms with van der Waals surface area (Å²) < 4.78 is 34.8. The SMILES string of the molecule is [N-]=[N+]=NCCCNC(=O)CC(F)(F)F. The second-order valence-electron chi connectivity index (χ2n) is 2.45. The number of carbonyl (C=O) groups excluding carboxylic acids is 1. The number of azide groups is 1. The first-order chi connectivity index (χ1) is 6.45. The molecule has 0 aromatic carbocycles. The summed E-state index contributed by atoms with van der Waals surface area (Å²) in [4.78, 5) is 13.0. The second kappa shape index (κ2) is 6.09. The third kappa shape index (κ3) is 8.66. The van der Waals surface area contributed by atoms with Gasteiger partial charge in [0, 0.05) is 18.0 Å². The molecule has 0 aliphatic carbocycles. The number of halogens is 3. The molecule has 8 heteroatoms. The normalized spacial score (nSPS) is 10.5. The van der Waals surface area contributed by atoms with Crippen LogP contribution in [0.3, 0.4) is 0 Å². The van der Waals surface area contributed by atoms with Gasteiger partial charge in [0.1, 0.15) is 6.42 Å². The molecule has 0 atom stereocenters. The third-order valence-electron chi connectivity index (χ3n) is 1.18. The molecule has 0 aromatic rings.